The summed E-state index contributed by atoms with van der Waals surface area (Å²) in [6.07, 6.45) is 0. The monoisotopic (exact) mass is 223 g/mol. The number of nitrogens with zero attached hydrogens (tertiary/aromatic N) is 3. The molecule has 0 amide bonds. The number of rotatable bonds is 2. The van der Waals surface area contributed by atoms with Gasteiger partial charge in [-0.15, -0.1) is 11.3 Å². The van der Waals surface area contributed by atoms with Crippen LogP contribution in [0.25, 0.3) is 0 Å². The van der Waals surface area contributed by atoms with Crippen molar-refractivity contribution in [3.8, 4) is 6.07 Å². The second-order valence-electron chi connectivity index (χ2n) is 4.88. The minimum atomic E-state index is -0.0495. The Kier molecular flexibility index (Phi) is 3.48. The highest BCUT2D eigenvalue weighted by molar-refractivity contribution is 7.12. The smallest absolute Gasteiger partial charge is 0.128 e. The van der Waals surface area contributed by atoms with Gasteiger partial charge in [-0.3, -0.25) is 0 Å². The quantitative estimate of drug-likeness (QED) is 0.772. The van der Waals surface area contributed by atoms with Gasteiger partial charge >= 0.3 is 0 Å². The fourth-order valence-electron chi connectivity index (χ4n) is 1.29. The summed E-state index contributed by atoms with van der Waals surface area (Å²) in [6, 6.07) is 2.23. The summed E-state index contributed by atoms with van der Waals surface area (Å²) in [5, 5.41) is 10.1. The van der Waals surface area contributed by atoms with Crippen LogP contribution >= 0.6 is 11.3 Å². The Morgan fingerprint density at radius 3 is 2.33 bits per heavy atom. The number of aromatic nitrogens is 1. The highest BCUT2D eigenvalue weighted by atomic mass is 32.1. The van der Waals surface area contributed by atoms with E-state index in [9.17, 15) is 0 Å². The molecule has 0 aliphatic heterocycles. The summed E-state index contributed by atoms with van der Waals surface area (Å²) in [5.41, 5.74) is 0.874. The maximum absolute atomic E-state index is 9.04. The van der Waals surface area contributed by atoms with Crippen LogP contribution in [0.4, 0.5) is 0 Å². The Morgan fingerprint density at radius 1 is 1.40 bits per heavy atom. The third-order valence-corrected chi connectivity index (χ3v) is 2.88. The van der Waals surface area contributed by atoms with Gasteiger partial charge < -0.3 is 4.90 Å². The second kappa shape index (κ2) is 4.30. The van der Waals surface area contributed by atoms with Gasteiger partial charge in [-0.05, 0) is 14.1 Å². The van der Waals surface area contributed by atoms with Gasteiger partial charge in [0.2, 0.25) is 0 Å². The zero-order chi connectivity index (χ0) is 11.6. The average Bonchev–Trinajstić information content (AvgIpc) is 2.45. The van der Waals surface area contributed by atoms with E-state index in [1.165, 1.54) is 11.3 Å². The van der Waals surface area contributed by atoms with E-state index >= 15 is 0 Å². The lowest BCUT2D eigenvalue weighted by atomic mass is 9.91. The molecule has 1 heterocycles. The highest BCUT2D eigenvalue weighted by Crippen LogP contribution is 2.29. The van der Waals surface area contributed by atoms with Gasteiger partial charge in [0, 0.05) is 12.0 Å². The molecular formula is C11H17N3S. The van der Waals surface area contributed by atoms with Crippen molar-refractivity contribution < 1.29 is 0 Å². The molecule has 0 saturated carbocycles. The molecule has 0 aromatic carbocycles. The molecule has 0 saturated heterocycles. The lowest BCUT2D eigenvalue weighted by Gasteiger charge is -2.15. The lowest BCUT2D eigenvalue weighted by molar-refractivity contribution is 0.400. The SMILES string of the molecule is CN(C)Cc1nc(C(C)(C)C)c(C#N)s1. The van der Waals surface area contributed by atoms with Gasteiger partial charge in [-0.2, -0.15) is 5.26 Å². The van der Waals surface area contributed by atoms with Crippen molar-refractivity contribution in [2.75, 3.05) is 14.1 Å². The Bertz CT molecular complexity index is 380. The van der Waals surface area contributed by atoms with E-state index in [0.717, 1.165) is 22.1 Å². The van der Waals surface area contributed by atoms with Crippen LogP contribution in [0.2, 0.25) is 0 Å². The van der Waals surface area contributed by atoms with Crippen LogP contribution in [-0.2, 0) is 12.0 Å². The summed E-state index contributed by atoms with van der Waals surface area (Å²) in [7, 11) is 4.01. The largest absolute Gasteiger partial charge is 0.303 e. The number of hydrogen-bond acceptors (Lipinski definition) is 4. The molecule has 3 nitrogen and oxygen atoms in total. The van der Waals surface area contributed by atoms with E-state index in [-0.39, 0.29) is 5.41 Å². The van der Waals surface area contributed by atoms with Crippen molar-refractivity contribution in [1.82, 2.24) is 9.88 Å². The predicted octanol–water partition coefficient (Wildman–Crippen LogP) is 2.37. The van der Waals surface area contributed by atoms with Crippen LogP contribution in [0.1, 0.15) is 36.3 Å². The molecule has 1 aromatic rings. The zero-order valence-corrected chi connectivity index (χ0v) is 10.8. The van der Waals surface area contributed by atoms with Crippen molar-refractivity contribution in [1.29, 1.82) is 5.26 Å². The molecule has 0 atom stereocenters. The van der Waals surface area contributed by atoms with Crippen molar-refractivity contribution in [3.05, 3.63) is 15.6 Å². The van der Waals surface area contributed by atoms with Crippen LogP contribution in [0.15, 0.2) is 0 Å². The third kappa shape index (κ3) is 3.01. The molecule has 0 unspecified atom stereocenters. The van der Waals surface area contributed by atoms with Gasteiger partial charge in [-0.1, -0.05) is 20.8 Å². The summed E-state index contributed by atoms with van der Waals surface area (Å²) in [6.45, 7) is 7.06. The first-order valence-corrected chi connectivity index (χ1v) is 5.71. The van der Waals surface area contributed by atoms with Crippen LogP contribution in [0, 0.1) is 11.3 Å². The van der Waals surface area contributed by atoms with Crippen LogP contribution in [-0.4, -0.2) is 24.0 Å². The zero-order valence-electron chi connectivity index (χ0n) is 9.96. The van der Waals surface area contributed by atoms with E-state index in [0.29, 0.717) is 0 Å². The van der Waals surface area contributed by atoms with E-state index in [1.807, 2.05) is 14.1 Å². The Balaban J connectivity index is 3.08. The molecule has 15 heavy (non-hydrogen) atoms. The van der Waals surface area contributed by atoms with Crippen molar-refractivity contribution in [2.24, 2.45) is 0 Å². The normalized spacial score (nSPS) is 11.8. The van der Waals surface area contributed by atoms with E-state index in [2.05, 4.69) is 36.7 Å². The molecule has 0 bridgehead atoms. The first-order chi connectivity index (χ1) is 6.84. The van der Waals surface area contributed by atoms with Crippen LogP contribution in [0.3, 0.4) is 0 Å². The highest BCUT2D eigenvalue weighted by Gasteiger charge is 2.23. The van der Waals surface area contributed by atoms with E-state index in [4.69, 9.17) is 5.26 Å². The Labute approximate surface area is 95.4 Å². The molecule has 0 fully saturated rings. The van der Waals surface area contributed by atoms with Gasteiger partial charge in [0.05, 0.1) is 5.69 Å². The molecule has 0 aliphatic rings. The number of hydrogen-bond donors (Lipinski definition) is 0. The minimum absolute atomic E-state index is 0.0495. The first kappa shape index (κ1) is 12.2. The molecule has 1 aromatic heterocycles. The molecule has 1 rings (SSSR count). The molecule has 0 N–H and O–H groups in total. The lowest BCUT2D eigenvalue weighted by Crippen LogP contribution is -2.14. The molecule has 0 radical (unpaired) electrons. The molecule has 4 heteroatoms. The Hall–Kier alpha value is -0.920. The van der Waals surface area contributed by atoms with Crippen molar-refractivity contribution in [3.63, 3.8) is 0 Å². The standard InChI is InChI=1S/C11H17N3S/c1-11(2,3)10-8(6-12)15-9(13-10)7-14(4)5/h7H2,1-5H3. The Morgan fingerprint density at radius 2 is 2.00 bits per heavy atom. The molecule has 0 aliphatic carbocycles. The maximum Gasteiger partial charge on any atom is 0.128 e. The van der Waals surface area contributed by atoms with E-state index in [1.54, 1.807) is 0 Å². The maximum atomic E-state index is 9.04. The van der Waals surface area contributed by atoms with Gasteiger partial charge in [-0.25, -0.2) is 4.98 Å². The first-order valence-electron chi connectivity index (χ1n) is 4.89. The second-order valence-corrected chi connectivity index (χ2v) is 5.97. The van der Waals surface area contributed by atoms with Crippen LogP contribution < -0.4 is 0 Å². The van der Waals surface area contributed by atoms with Gasteiger partial charge in [0.15, 0.2) is 0 Å². The number of nitriles is 1. The summed E-state index contributed by atoms with van der Waals surface area (Å²) in [4.78, 5) is 7.36. The third-order valence-electron chi connectivity index (χ3n) is 1.93. The summed E-state index contributed by atoms with van der Waals surface area (Å²) >= 11 is 1.50. The van der Waals surface area contributed by atoms with Crippen molar-refractivity contribution in [2.45, 2.75) is 32.7 Å². The predicted molar refractivity (Wildman–Crippen MR) is 62.9 cm³/mol. The van der Waals surface area contributed by atoms with Crippen LogP contribution in [0.5, 0.6) is 0 Å². The fourth-order valence-corrected chi connectivity index (χ4v) is 2.48. The molecular weight excluding hydrogens is 206 g/mol. The number of thiazole rings is 1. The summed E-state index contributed by atoms with van der Waals surface area (Å²) in [5.74, 6) is 0. The minimum Gasteiger partial charge on any atom is -0.303 e. The fraction of sp³-hybridized carbons (Fsp3) is 0.636. The van der Waals surface area contributed by atoms with E-state index < -0.39 is 0 Å². The molecule has 0 spiro atoms. The topological polar surface area (TPSA) is 39.9 Å². The van der Waals surface area contributed by atoms with Gasteiger partial charge in [0.1, 0.15) is 16.0 Å². The van der Waals surface area contributed by atoms with Gasteiger partial charge in [0.25, 0.3) is 0 Å². The summed E-state index contributed by atoms with van der Waals surface area (Å²) < 4.78 is 0. The van der Waals surface area contributed by atoms with Crippen molar-refractivity contribution >= 4 is 11.3 Å². The molecule has 82 valence electrons. The average molecular weight is 223 g/mol.